The van der Waals surface area contributed by atoms with Crippen molar-refractivity contribution in [1.29, 1.82) is 0 Å². The van der Waals surface area contributed by atoms with Gasteiger partial charge < -0.3 is 14.6 Å². The molecule has 0 amide bonds. The highest BCUT2D eigenvalue weighted by atomic mass is 16.4. The van der Waals surface area contributed by atoms with Gasteiger partial charge in [0.05, 0.1) is 18.0 Å². The zero-order valence-electron chi connectivity index (χ0n) is 6.51. The summed E-state index contributed by atoms with van der Waals surface area (Å²) in [4.78, 5) is 14.4. The van der Waals surface area contributed by atoms with Gasteiger partial charge in [0.15, 0.2) is 0 Å². The van der Waals surface area contributed by atoms with Crippen LogP contribution in [0.4, 0.5) is 0 Å². The fourth-order valence-electron chi connectivity index (χ4n) is 1.10. The molecule has 0 radical (unpaired) electrons. The van der Waals surface area contributed by atoms with Crippen molar-refractivity contribution in [2.75, 3.05) is 0 Å². The Morgan fingerprint density at radius 2 is 2.23 bits per heavy atom. The van der Waals surface area contributed by atoms with Gasteiger partial charge in [0, 0.05) is 6.20 Å². The first kappa shape index (κ1) is 7.60. The van der Waals surface area contributed by atoms with E-state index in [9.17, 15) is 4.79 Å². The van der Waals surface area contributed by atoms with E-state index in [-0.39, 0.29) is 11.3 Å². The maximum Gasteiger partial charge on any atom is 0.337 e. The number of hydrogen-bond acceptors (Lipinski definition) is 3. The molecule has 0 saturated carbocycles. The van der Waals surface area contributed by atoms with Crippen molar-refractivity contribution in [3.05, 3.63) is 30.2 Å². The van der Waals surface area contributed by atoms with Crippen LogP contribution in [0, 0.1) is 0 Å². The molecule has 2 heterocycles. The number of hydrogen-bond donors (Lipinski definition) is 2. The van der Waals surface area contributed by atoms with Crippen LogP contribution in [0.3, 0.4) is 0 Å². The van der Waals surface area contributed by atoms with E-state index in [1.807, 2.05) is 0 Å². The topological polar surface area (TPSA) is 74.8 Å². The van der Waals surface area contributed by atoms with Gasteiger partial charge in [0.1, 0.15) is 11.4 Å². The fourth-order valence-corrected chi connectivity index (χ4v) is 1.10. The second kappa shape index (κ2) is 2.48. The van der Waals surface area contributed by atoms with Crippen LogP contribution in [0.25, 0.3) is 5.65 Å². The van der Waals surface area contributed by atoms with Crippen molar-refractivity contribution in [3.8, 4) is 5.75 Å². The number of carbonyl (C=O) groups is 1. The largest absolute Gasteiger partial charge is 0.505 e. The summed E-state index contributed by atoms with van der Waals surface area (Å²) >= 11 is 0. The molecule has 5 heteroatoms. The molecule has 2 aromatic heterocycles. The summed E-state index contributed by atoms with van der Waals surface area (Å²) in [5.41, 5.74) is 0.647. The summed E-state index contributed by atoms with van der Waals surface area (Å²) in [6.45, 7) is 0. The van der Waals surface area contributed by atoms with Crippen LogP contribution in [0.5, 0.6) is 5.75 Å². The number of nitrogens with zero attached hydrogens (tertiary/aromatic N) is 2. The molecule has 5 nitrogen and oxygen atoms in total. The predicted octanol–water partition coefficient (Wildman–Crippen LogP) is 0.738. The van der Waals surface area contributed by atoms with Crippen molar-refractivity contribution < 1.29 is 15.0 Å². The molecule has 0 aliphatic carbocycles. The number of fused-ring (bicyclic) bond motifs is 1. The number of carboxylic acid groups (broad SMARTS) is 1. The molecule has 0 unspecified atom stereocenters. The summed E-state index contributed by atoms with van der Waals surface area (Å²) in [5, 5.41) is 17.7. The average Bonchev–Trinajstić information content (AvgIpc) is 2.46. The van der Waals surface area contributed by atoms with Gasteiger partial charge in [-0.15, -0.1) is 0 Å². The number of aromatic nitrogens is 2. The molecular formula is C8H6N2O3. The maximum absolute atomic E-state index is 10.6. The average molecular weight is 178 g/mol. The third-order valence-electron chi connectivity index (χ3n) is 1.67. The fraction of sp³-hybridized carbons (Fsp3) is 0. The molecule has 0 atom stereocenters. The first-order chi connectivity index (χ1) is 6.16. The molecule has 0 saturated heterocycles. The van der Waals surface area contributed by atoms with Crippen LogP contribution < -0.4 is 0 Å². The zero-order valence-corrected chi connectivity index (χ0v) is 6.51. The molecule has 2 N–H and O–H groups in total. The second-order valence-electron chi connectivity index (χ2n) is 2.61. The van der Waals surface area contributed by atoms with Gasteiger partial charge in [-0.25, -0.2) is 9.78 Å². The second-order valence-corrected chi connectivity index (χ2v) is 2.61. The van der Waals surface area contributed by atoms with Crippen molar-refractivity contribution in [1.82, 2.24) is 9.38 Å². The Morgan fingerprint density at radius 1 is 1.46 bits per heavy atom. The Bertz CT molecular complexity index is 475. The van der Waals surface area contributed by atoms with E-state index < -0.39 is 5.97 Å². The lowest BCUT2D eigenvalue weighted by atomic mass is 10.3. The summed E-state index contributed by atoms with van der Waals surface area (Å²) in [6.07, 6.45) is 4.06. The van der Waals surface area contributed by atoms with Crippen LogP contribution in [0.1, 0.15) is 10.4 Å². The van der Waals surface area contributed by atoms with E-state index in [0.717, 1.165) is 0 Å². The first-order valence-corrected chi connectivity index (χ1v) is 3.57. The lowest BCUT2D eigenvalue weighted by molar-refractivity contribution is 0.0697. The summed E-state index contributed by atoms with van der Waals surface area (Å²) in [5.74, 6) is -1.01. The highest BCUT2D eigenvalue weighted by molar-refractivity contribution is 5.89. The summed E-state index contributed by atoms with van der Waals surface area (Å²) in [7, 11) is 0. The van der Waals surface area contributed by atoms with E-state index in [0.29, 0.717) is 5.65 Å². The molecule has 0 spiro atoms. The molecule has 0 fully saturated rings. The molecule has 0 bridgehead atoms. The highest BCUT2D eigenvalue weighted by Gasteiger charge is 2.06. The van der Waals surface area contributed by atoms with E-state index in [4.69, 9.17) is 10.2 Å². The van der Waals surface area contributed by atoms with E-state index in [2.05, 4.69) is 4.98 Å². The maximum atomic E-state index is 10.6. The number of aromatic carboxylic acids is 1. The van der Waals surface area contributed by atoms with Gasteiger partial charge >= 0.3 is 5.97 Å². The molecular weight excluding hydrogens is 172 g/mol. The lowest BCUT2D eigenvalue weighted by Gasteiger charge is -1.92. The Kier molecular flexibility index (Phi) is 1.45. The summed E-state index contributed by atoms with van der Waals surface area (Å²) < 4.78 is 1.46. The number of carboxylic acids is 1. The van der Waals surface area contributed by atoms with Crippen LogP contribution in [0.2, 0.25) is 0 Å². The minimum absolute atomic E-state index is 0.0000359. The van der Waals surface area contributed by atoms with Crippen LogP contribution in [-0.2, 0) is 0 Å². The molecule has 13 heavy (non-hydrogen) atoms. The standard InChI is InChI=1S/C8H6N2O3/c11-6-2-9-7-1-5(8(12)13)3-10(7)4-6/h1-4,11H,(H,12,13). The number of aromatic hydroxyl groups is 1. The molecule has 2 aromatic rings. The van der Waals surface area contributed by atoms with Crippen molar-refractivity contribution in [3.63, 3.8) is 0 Å². The van der Waals surface area contributed by atoms with Crippen molar-refractivity contribution in [2.45, 2.75) is 0 Å². The van der Waals surface area contributed by atoms with Gasteiger partial charge in [-0.3, -0.25) is 0 Å². The Hall–Kier alpha value is -2.04. The van der Waals surface area contributed by atoms with Crippen LogP contribution in [0.15, 0.2) is 24.7 Å². The van der Waals surface area contributed by atoms with Crippen LogP contribution in [-0.4, -0.2) is 25.6 Å². The Balaban J connectivity index is 2.68. The minimum Gasteiger partial charge on any atom is -0.505 e. The summed E-state index contributed by atoms with van der Waals surface area (Å²) in [6, 6.07) is 1.43. The van der Waals surface area contributed by atoms with Crippen molar-refractivity contribution >= 4 is 11.6 Å². The molecule has 0 aliphatic rings. The smallest absolute Gasteiger partial charge is 0.337 e. The van der Waals surface area contributed by atoms with Gasteiger partial charge in [0.2, 0.25) is 0 Å². The first-order valence-electron chi connectivity index (χ1n) is 3.57. The third-order valence-corrected chi connectivity index (χ3v) is 1.67. The van der Waals surface area contributed by atoms with Gasteiger partial charge in [-0.05, 0) is 6.07 Å². The van der Waals surface area contributed by atoms with Gasteiger partial charge in [0.25, 0.3) is 0 Å². The third kappa shape index (κ3) is 1.20. The molecule has 0 aliphatic heterocycles. The Labute approximate surface area is 72.9 Å². The SMILES string of the molecule is O=C(O)c1cc2ncc(O)cn2c1. The van der Waals surface area contributed by atoms with Gasteiger partial charge in [-0.2, -0.15) is 0 Å². The number of rotatable bonds is 1. The normalized spacial score (nSPS) is 10.5. The van der Waals surface area contributed by atoms with Crippen molar-refractivity contribution in [2.24, 2.45) is 0 Å². The molecule has 0 aromatic carbocycles. The Morgan fingerprint density at radius 3 is 2.92 bits per heavy atom. The zero-order chi connectivity index (χ0) is 9.42. The predicted molar refractivity (Wildman–Crippen MR) is 43.8 cm³/mol. The quantitative estimate of drug-likeness (QED) is 0.675. The van der Waals surface area contributed by atoms with Crippen LogP contribution >= 0.6 is 0 Å². The van der Waals surface area contributed by atoms with E-state index in [1.165, 1.54) is 29.1 Å². The molecule has 66 valence electrons. The lowest BCUT2D eigenvalue weighted by Crippen LogP contribution is -1.91. The van der Waals surface area contributed by atoms with E-state index in [1.54, 1.807) is 0 Å². The minimum atomic E-state index is -1.01. The van der Waals surface area contributed by atoms with E-state index >= 15 is 0 Å². The van der Waals surface area contributed by atoms with Gasteiger partial charge in [-0.1, -0.05) is 0 Å². The molecule has 2 rings (SSSR count). The highest BCUT2D eigenvalue weighted by Crippen LogP contribution is 2.11. The monoisotopic (exact) mass is 178 g/mol.